The van der Waals surface area contributed by atoms with Gasteiger partial charge in [-0.25, -0.2) is 0 Å². The number of amides is 2. The maximum absolute atomic E-state index is 12.0. The zero-order chi connectivity index (χ0) is 21.6. The molecule has 11 N–H and O–H groups in total. The molecule has 0 aliphatic rings. The fraction of sp³-hybridized carbons (Fsp3) is 0.647. The van der Waals surface area contributed by atoms with Crippen molar-refractivity contribution in [3.05, 3.63) is 24.6 Å². The van der Waals surface area contributed by atoms with Gasteiger partial charge < -0.3 is 38.5 Å². The molecule has 0 aromatic rings. The molecular weight excluding hydrogens is 412 g/mol. The van der Waals surface area contributed by atoms with Crippen molar-refractivity contribution in [1.29, 1.82) is 0 Å². The quantitative estimate of drug-likeness (QED) is 0.0450. The Morgan fingerprint density at radius 3 is 2.07 bits per heavy atom. The van der Waals surface area contributed by atoms with Crippen molar-refractivity contribution in [3.63, 3.8) is 0 Å². The Kier molecular flexibility index (Phi) is 20.2. The van der Waals surface area contributed by atoms with E-state index in [1.165, 1.54) is 12.2 Å². The standard InChI is InChI=1S/C17H36N8O2S2/c18-4-9-21-7-2-16(24-10-5-19)25-17(27)3-8-23-12-14-29-28-13-11-22-6-1-15(20)26/h1,3,6,8,16,21-24H,2,4-5,7,9-14,18-19H2,(H2,20,26)(H,25,27). The number of rotatable bonds is 20. The van der Waals surface area contributed by atoms with Gasteiger partial charge in [0, 0.05) is 75.3 Å². The molecule has 10 nitrogen and oxygen atoms in total. The highest BCUT2D eigenvalue weighted by molar-refractivity contribution is 8.76. The van der Waals surface area contributed by atoms with Gasteiger partial charge in [-0.3, -0.25) is 14.9 Å². The van der Waals surface area contributed by atoms with E-state index >= 15 is 0 Å². The lowest BCUT2D eigenvalue weighted by molar-refractivity contribution is -0.117. The van der Waals surface area contributed by atoms with Crippen molar-refractivity contribution in [2.24, 2.45) is 17.2 Å². The minimum Gasteiger partial charge on any atom is -0.390 e. The zero-order valence-electron chi connectivity index (χ0n) is 16.8. The summed E-state index contributed by atoms with van der Waals surface area (Å²) >= 11 is 0. The van der Waals surface area contributed by atoms with Gasteiger partial charge in [-0.1, -0.05) is 21.6 Å². The third kappa shape index (κ3) is 21.1. The van der Waals surface area contributed by atoms with Crippen molar-refractivity contribution < 1.29 is 9.59 Å². The van der Waals surface area contributed by atoms with Crippen LogP contribution < -0.4 is 43.8 Å². The Labute approximate surface area is 181 Å². The van der Waals surface area contributed by atoms with Crippen molar-refractivity contribution in [2.75, 3.05) is 57.3 Å². The van der Waals surface area contributed by atoms with E-state index < -0.39 is 5.91 Å². The molecule has 0 spiro atoms. The number of nitrogens with two attached hydrogens (primary N) is 3. The molecule has 0 saturated heterocycles. The molecule has 1 atom stereocenters. The Balaban J connectivity index is 3.76. The highest BCUT2D eigenvalue weighted by atomic mass is 33.1. The van der Waals surface area contributed by atoms with Crippen molar-refractivity contribution >= 4 is 33.4 Å². The summed E-state index contributed by atoms with van der Waals surface area (Å²) in [5.74, 6) is 1.18. The van der Waals surface area contributed by atoms with Gasteiger partial charge in [0.15, 0.2) is 0 Å². The molecule has 0 rings (SSSR count). The lowest BCUT2D eigenvalue weighted by Gasteiger charge is -2.19. The Morgan fingerprint density at radius 2 is 1.48 bits per heavy atom. The van der Waals surface area contributed by atoms with Crippen LogP contribution in [-0.2, 0) is 9.59 Å². The predicted octanol–water partition coefficient (Wildman–Crippen LogP) is -2.01. The van der Waals surface area contributed by atoms with Crippen molar-refractivity contribution in [2.45, 2.75) is 12.6 Å². The molecule has 2 amide bonds. The molecule has 0 fully saturated rings. The summed E-state index contributed by atoms with van der Waals surface area (Å²) in [7, 11) is 3.47. The SMILES string of the molecule is NCCNCCC(NCCN)NC(=O)C=CNCCSSCCNC=CC(N)=O. The van der Waals surface area contributed by atoms with Gasteiger partial charge in [-0.05, 0) is 13.0 Å². The normalized spacial score (nSPS) is 12.3. The van der Waals surface area contributed by atoms with Gasteiger partial charge in [0.05, 0.1) is 6.17 Å². The number of hydrogen-bond donors (Lipinski definition) is 8. The average molecular weight is 449 g/mol. The smallest absolute Gasteiger partial charge is 0.246 e. The number of carbonyl (C=O) groups is 2. The van der Waals surface area contributed by atoms with E-state index in [0.717, 1.165) is 44.1 Å². The maximum atomic E-state index is 12.0. The summed E-state index contributed by atoms with van der Waals surface area (Å²) < 4.78 is 0. The summed E-state index contributed by atoms with van der Waals surface area (Å²) in [6.45, 7) is 4.76. The van der Waals surface area contributed by atoms with Crippen LogP contribution in [0.5, 0.6) is 0 Å². The maximum Gasteiger partial charge on any atom is 0.246 e. The van der Waals surface area contributed by atoms with Gasteiger partial charge in [0.25, 0.3) is 0 Å². The van der Waals surface area contributed by atoms with Crippen LogP contribution >= 0.6 is 21.6 Å². The second-order valence-corrected chi connectivity index (χ2v) is 8.45. The fourth-order valence-electron chi connectivity index (χ4n) is 1.94. The van der Waals surface area contributed by atoms with Gasteiger partial charge in [-0.15, -0.1) is 0 Å². The van der Waals surface area contributed by atoms with Gasteiger partial charge >= 0.3 is 0 Å². The third-order valence-electron chi connectivity index (χ3n) is 3.24. The van der Waals surface area contributed by atoms with Crippen LogP contribution in [0.3, 0.4) is 0 Å². The van der Waals surface area contributed by atoms with E-state index in [4.69, 9.17) is 17.2 Å². The van der Waals surface area contributed by atoms with E-state index in [1.54, 1.807) is 34.0 Å². The molecule has 1 unspecified atom stereocenters. The first kappa shape index (κ1) is 27.6. The molecule has 0 heterocycles. The van der Waals surface area contributed by atoms with Crippen molar-refractivity contribution in [1.82, 2.24) is 26.6 Å². The van der Waals surface area contributed by atoms with Crippen LogP contribution in [0, 0.1) is 0 Å². The van der Waals surface area contributed by atoms with Crippen LogP contribution in [0.2, 0.25) is 0 Å². The molecule has 29 heavy (non-hydrogen) atoms. The monoisotopic (exact) mass is 448 g/mol. The number of hydrogen-bond acceptors (Lipinski definition) is 10. The molecule has 0 saturated carbocycles. The summed E-state index contributed by atoms with van der Waals surface area (Å²) in [5.41, 5.74) is 15.9. The minimum atomic E-state index is -0.464. The zero-order valence-corrected chi connectivity index (χ0v) is 18.5. The number of nitrogens with one attached hydrogen (secondary N) is 5. The molecule has 0 aromatic carbocycles. The first-order valence-corrected chi connectivity index (χ1v) is 12.1. The molecule has 0 bridgehead atoms. The summed E-state index contributed by atoms with van der Waals surface area (Å²) in [5, 5.41) is 15.4. The second-order valence-electron chi connectivity index (χ2n) is 5.75. The minimum absolute atomic E-state index is 0.139. The lowest BCUT2D eigenvalue weighted by Crippen LogP contribution is -2.48. The summed E-state index contributed by atoms with van der Waals surface area (Å²) in [6.07, 6.45) is 6.59. The molecule has 168 valence electrons. The Bertz CT molecular complexity index is 480. The summed E-state index contributed by atoms with van der Waals surface area (Å²) in [4.78, 5) is 22.5. The first-order chi connectivity index (χ1) is 14.1. The topological polar surface area (TPSA) is 172 Å². The molecule has 0 aromatic heterocycles. The first-order valence-electron chi connectivity index (χ1n) is 9.58. The molecule has 0 radical (unpaired) electrons. The molecular formula is C17H36N8O2S2. The number of primary amides is 1. The van der Waals surface area contributed by atoms with E-state index in [1.807, 2.05) is 0 Å². The lowest BCUT2D eigenvalue weighted by atomic mass is 10.3. The highest BCUT2D eigenvalue weighted by Crippen LogP contribution is 2.19. The van der Waals surface area contributed by atoms with Crippen LogP contribution in [0.15, 0.2) is 24.6 Å². The van der Waals surface area contributed by atoms with Crippen LogP contribution in [0.4, 0.5) is 0 Å². The van der Waals surface area contributed by atoms with E-state index in [2.05, 4.69) is 26.6 Å². The van der Waals surface area contributed by atoms with E-state index in [0.29, 0.717) is 19.6 Å². The Morgan fingerprint density at radius 1 is 0.862 bits per heavy atom. The predicted molar refractivity (Wildman–Crippen MR) is 124 cm³/mol. The second kappa shape index (κ2) is 21.3. The Hall–Kier alpha value is -1.44. The highest BCUT2D eigenvalue weighted by Gasteiger charge is 2.08. The van der Waals surface area contributed by atoms with Crippen LogP contribution in [-0.4, -0.2) is 75.3 Å². The third-order valence-corrected chi connectivity index (χ3v) is 5.65. The fourth-order valence-corrected chi connectivity index (χ4v) is 3.78. The van der Waals surface area contributed by atoms with Crippen molar-refractivity contribution in [3.8, 4) is 0 Å². The largest absolute Gasteiger partial charge is 0.390 e. The summed E-state index contributed by atoms with van der Waals surface area (Å²) in [6, 6.07) is 0. The van der Waals surface area contributed by atoms with Gasteiger partial charge in [0.2, 0.25) is 11.8 Å². The molecule has 0 aliphatic carbocycles. The van der Waals surface area contributed by atoms with Gasteiger partial charge in [-0.2, -0.15) is 0 Å². The number of carbonyl (C=O) groups excluding carboxylic acids is 2. The molecule has 12 heteroatoms. The average Bonchev–Trinajstić information content (AvgIpc) is 2.69. The molecule has 0 aliphatic heterocycles. The van der Waals surface area contributed by atoms with E-state index in [9.17, 15) is 9.59 Å². The van der Waals surface area contributed by atoms with E-state index in [-0.39, 0.29) is 12.1 Å². The van der Waals surface area contributed by atoms with Gasteiger partial charge in [0.1, 0.15) is 0 Å². The van der Waals surface area contributed by atoms with Crippen LogP contribution in [0.25, 0.3) is 0 Å². The van der Waals surface area contributed by atoms with Crippen LogP contribution in [0.1, 0.15) is 6.42 Å².